The summed E-state index contributed by atoms with van der Waals surface area (Å²) in [5.41, 5.74) is 1.13. The zero-order chi connectivity index (χ0) is 18.7. The summed E-state index contributed by atoms with van der Waals surface area (Å²) in [6, 6.07) is 14.1. The molecule has 1 saturated heterocycles. The van der Waals surface area contributed by atoms with Gasteiger partial charge in [0, 0.05) is 23.9 Å². The maximum atomic E-state index is 11.9. The molecule has 8 heteroatoms. The predicted molar refractivity (Wildman–Crippen MR) is 104 cm³/mol. The van der Waals surface area contributed by atoms with E-state index in [-0.39, 0.29) is 17.5 Å². The third-order valence-corrected chi connectivity index (χ3v) is 7.33. The number of aromatic nitrogens is 2. The van der Waals surface area contributed by atoms with Gasteiger partial charge < -0.3 is 4.52 Å². The summed E-state index contributed by atoms with van der Waals surface area (Å²) in [6.45, 7) is 1.15. The van der Waals surface area contributed by atoms with Crippen LogP contribution in [0.2, 0.25) is 0 Å². The predicted octanol–water partition coefficient (Wildman–Crippen LogP) is 2.91. The Kier molecular flexibility index (Phi) is 5.38. The minimum atomic E-state index is -2.95. The first-order valence-electron chi connectivity index (χ1n) is 8.90. The van der Waals surface area contributed by atoms with Crippen molar-refractivity contribution in [1.82, 2.24) is 15.0 Å². The number of thiophene rings is 1. The molecule has 1 aromatic carbocycles. The smallest absolute Gasteiger partial charge is 0.240 e. The van der Waals surface area contributed by atoms with Crippen molar-refractivity contribution >= 4 is 21.2 Å². The summed E-state index contributed by atoms with van der Waals surface area (Å²) in [6.07, 6.45) is 1.27. The molecule has 6 nitrogen and oxygen atoms in total. The van der Waals surface area contributed by atoms with Gasteiger partial charge in [0.15, 0.2) is 15.7 Å². The summed E-state index contributed by atoms with van der Waals surface area (Å²) >= 11 is 1.67. The first-order chi connectivity index (χ1) is 13.1. The van der Waals surface area contributed by atoms with Gasteiger partial charge >= 0.3 is 0 Å². The van der Waals surface area contributed by atoms with Crippen LogP contribution in [0.4, 0.5) is 0 Å². The van der Waals surface area contributed by atoms with E-state index in [1.807, 2.05) is 41.8 Å². The molecule has 3 aromatic rings. The summed E-state index contributed by atoms with van der Waals surface area (Å²) < 4.78 is 29.3. The van der Waals surface area contributed by atoms with E-state index in [0.717, 1.165) is 5.56 Å². The van der Waals surface area contributed by atoms with E-state index in [4.69, 9.17) is 4.52 Å². The van der Waals surface area contributed by atoms with Crippen LogP contribution >= 0.6 is 11.3 Å². The highest BCUT2D eigenvalue weighted by molar-refractivity contribution is 7.91. The molecule has 3 heterocycles. The second-order valence-electron chi connectivity index (χ2n) is 6.81. The Morgan fingerprint density at radius 2 is 2.00 bits per heavy atom. The molecule has 0 amide bonds. The molecule has 0 aliphatic carbocycles. The third kappa shape index (κ3) is 4.82. The van der Waals surface area contributed by atoms with E-state index in [9.17, 15) is 8.42 Å². The van der Waals surface area contributed by atoms with Gasteiger partial charge in [0.25, 0.3) is 0 Å². The zero-order valence-electron chi connectivity index (χ0n) is 14.8. The van der Waals surface area contributed by atoms with E-state index in [2.05, 4.69) is 21.1 Å². The van der Waals surface area contributed by atoms with Gasteiger partial charge in [-0.1, -0.05) is 41.6 Å². The molecule has 142 valence electrons. The minimum Gasteiger partial charge on any atom is -0.338 e. The highest BCUT2D eigenvalue weighted by Crippen LogP contribution is 2.23. The standard InChI is InChI=1S/C19H21N3O3S2/c23-27(24)10-8-16(14-27)22(12-17-7-4-9-26-17)13-19-20-18(21-25-19)11-15-5-2-1-3-6-15/h1-7,9,16H,8,10-14H2/t16-/m0/s1. The van der Waals surface area contributed by atoms with Gasteiger partial charge in [0.2, 0.25) is 5.89 Å². The monoisotopic (exact) mass is 403 g/mol. The second-order valence-corrected chi connectivity index (χ2v) is 10.1. The van der Waals surface area contributed by atoms with E-state index in [1.54, 1.807) is 11.3 Å². The molecule has 1 aliphatic rings. The van der Waals surface area contributed by atoms with Crippen LogP contribution in [0.25, 0.3) is 0 Å². The molecule has 0 radical (unpaired) electrons. The van der Waals surface area contributed by atoms with Gasteiger partial charge in [-0.3, -0.25) is 4.90 Å². The van der Waals surface area contributed by atoms with Crippen LogP contribution < -0.4 is 0 Å². The van der Waals surface area contributed by atoms with Gasteiger partial charge in [-0.2, -0.15) is 4.98 Å². The Morgan fingerprint density at radius 3 is 2.70 bits per heavy atom. The van der Waals surface area contributed by atoms with Crippen LogP contribution in [0.3, 0.4) is 0 Å². The second kappa shape index (κ2) is 7.92. The van der Waals surface area contributed by atoms with Crippen molar-refractivity contribution in [1.29, 1.82) is 0 Å². The van der Waals surface area contributed by atoms with Crippen molar-refractivity contribution in [3.05, 3.63) is 70.0 Å². The average molecular weight is 404 g/mol. The average Bonchev–Trinajstić information content (AvgIpc) is 3.38. The molecule has 2 aromatic heterocycles. The minimum absolute atomic E-state index is 0.0124. The largest absolute Gasteiger partial charge is 0.338 e. The highest BCUT2D eigenvalue weighted by atomic mass is 32.2. The Bertz CT molecular complexity index is 969. The number of benzene rings is 1. The molecule has 0 N–H and O–H groups in total. The lowest BCUT2D eigenvalue weighted by Crippen LogP contribution is -2.35. The molecule has 0 unspecified atom stereocenters. The number of nitrogens with zero attached hydrogens (tertiary/aromatic N) is 3. The first-order valence-corrected chi connectivity index (χ1v) is 11.6. The van der Waals surface area contributed by atoms with Crippen molar-refractivity contribution in [2.45, 2.75) is 32.0 Å². The van der Waals surface area contributed by atoms with Crippen molar-refractivity contribution in [3.63, 3.8) is 0 Å². The Labute approximate surface area is 162 Å². The van der Waals surface area contributed by atoms with Crippen molar-refractivity contribution in [2.75, 3.05) is 11.5 Å². The van der Waals surface area contributed by atoms with Crippen molar-refractivity contribution < 1.29 is 12.9 Å². The van der Waals surface area contributed by atoms with Crippen LogP contribution in [0.5, 0.6) is 0 Å². The van der Waals surface area contributed by atoms with Crippen LogP contribution in [0.1, 0.15) is 28.6 Å². The van der Waals surface area contributed by atoms with Crippen LogP contribution in [0.15, 0.2) is 52.4 Å². The lowest BCUT2D eigenvalue weighted by Gasteiger charge is -2.25. The molecule has 1 atom stereocenters. The SMILES string of the molecule is O=S1(=O)CC[C@H](N(Cc2nc(Cc3ccccc3)no2)Cc2cccs2)C1. The zero-order valence-corrected chi connectivity index (χ0v) is 16.5. The maximum absolute atomic E-state index is 11.9. The fourth-order valence-corrected chi connectivity index (χ4v) is 5.85. The summed E-state index contributed by atoms with van der Waals surface area (Å²) in [5.74, 6) is 1.62. The van der Waals surface area contributed by atoms with Gasteiger partial charge in [-0.15, -0.1) is 11.3 Å². The van der Waals surface area contributed by atoms with Crippen LogP contribution in [0, 0.1) is 0 Å². The van der Waals surface area contributed by atoms with E-state index in [0.29, 0.717) is 37.6 Å². The van der Waals surface area contributed by atoms with E-state index in [1.165, 1.54) is 4.88 Å². The third-order valence-electron chi connectivity index (χ3n) is 4.72. The van der Waals surface area contributed by atoms with Gasteiger partial charge in [0.1, 0.15) is 0 Å². The quantitative estimate of drug-likeness (QED) is 0.604. The lowest BCUT2D eigenvalue weighted by atomic mass is 10.1. The Balaban J connectivity index is 1.48. The van der Waals surface area contributed by atoms with Crippen molar-refractivity contribution in [3.8, 4) is 0 Å². The fourth-order valence-electron chi connectivity index (χ4n) is 3.36. The van der Waals surface area contributed by atoms with E-state index < -0.39 is 9.84 Å². The lowest BCUT2D eigenvalue weighted by molar-refractivity contribution is 0.170. The fraction of sp³-hybridized carbons (Fsp3) is 0.368. The molecule has 27 heavy (non-hydrogen) atoms. The topological polar surface area (TPSA) is 76.3 Å². The number of hydrogen-bond donors (Lipinski definition) is 0. The Morgan fingerprint density at radius 1 is 1.15 bits per heavy atom. The molecular formula is C19H21N3O3S2. The van der Waals surface area contributed by atoms with E-state index >= 15 is 0 Å². The van der Waals surface area contributed by atoms with Gasteiger partial charge in [-0.25, -0.2) is 8.42 Å². The Hall–Kier alpha value is -2.03. The summed E-state index contributed by atoms with van der Waals surface area (Å²) in [4.78, 5) is 7.86. The molecule has 1 fully saturated rings. The summed E-state index contributed by atoms with van der Waals surface area (Å²) in [5, 5.41) is 6.12. The molecular weight excluding hydrogens is 382 g/mol. The first kappa shape index (κ1) is 18.3. The maximum Gasteiger partial charge on any atom is 0.240 e. The van der Waals surface area contributed by atoms with Crippen LogP contribution in [-0.4, -0.2) is 41.0 Å². The van der Waals surface area contributed by atoms with Gasteiger partial charge in [0.05, 0.1) is 18.1 Å². The molecule has 0 spiro atoms. The van der Waals surface area contributed by atoms with Gasteiger partial charge in [-0.05, 0) is 23.4 Å². The normalized spacial score (nSPS) is 18.9. The number of hydrogen-bond acceptors (Lipinski definition) is 7. The highest BCUT2D eigenvalue weighted by Gasteiger charge is 2.33. The van der Waals surface area contributed by atoms with Crippen molar-refractivity contribution in [2.24, 2.45) is 0 Å². The molecule has 0 bridgehead atoms. The number of sulfone groups is 1. The molecule has 4 rings (SSSR count). The molecule has 0 saturated carbocycles. The molecule has 1 aliphatic heterocycles. The number of rotatable bonds is 7. The summed E-state index contributed by atoms with van der Waals surface area (Å²) in [7, 11) is -2.95. The van der Waals surface area contributed by atoms with Crippen LogP contribution in [-0.2, 0) is 29.3 Å².